The van der Waals surface area contributed by atoms with Crippen molar-refractivity contribution in [3.63, 3.8) is 0 Å². The zero-order chi connectivity index (χ0) is 16.7. The molecule has 3 heterocycles. The lowest BCUT2D eigenvalue weighted by Crippen LogP contribution is -2.40. The first-order valence-electron chi connectivity index (χ1n) is 9.07. The van der Waals surface area contributed by atoms with Crippen LogP contribution in [-0.2, 0) is 6.54 Å². The quantitative estimate of drug-likeness (QED) is 0.866. The first-order chi connectivity index (χ1) is 11.6. The number of aryl methyl sites for hydroxylation is 1. The molecule has 0 N–H and O–H groups in total. The van der Waals surface area contributed by atoms with Crippen molar-refractivity contribution in [1.82, 2.24) is 19.0 Å². The van der Waals surface area contributed by atoms with E-state index in [1.807, 2.05) is 23.6 Å². The number of nitrogens with zero attached hydrogens (tertiary/aromatic N) is 4. The number of imidazole rings is 1. The SMILES string of the molecule is Cc1cc(C(=O)N2CCC[C@@H](n3ccnc3)C2)c(C)n1CC1CC1. The molecule has 1 aliphatic carbocycles. The zero-order valence-electron chi connectivity index (χ0n) is 14.6. The minimum absolute atomic E-state index is 0.190. The highest BCUT2D eigenvalue weighted by atomic mass is 16.2. The minimum atomic E-state index is 0.190. The van der Waals surface area contributed by atoms with Gasteiger partial charge in [-0.05, 0) is 51.5 Å². The molecule has 2 aromatic heterocycles. The average Bonchev–Trinajstić information content (AvgIpc) is 3.16. The Morgan fingerprint density at radius 1 is 1.29 bits per heavy atom. The Balaban J connectivity index is 1.52. The van der Waals surface area contributed by atoms with E-state index < -0.39 is 0 Å². The van der Waals surface area contributed by atoms with Crippen molar-refractivity contribution in [2.45, 2.75) is 52.1 Å². The number of hydrogen-bond acceptors (Lipinski definition) is 2. The van der Waals surface area contributed by atoms with Gasteiger partial charge in [-0.1, -0.05) is 0 Å². The van der Waals surface area contributed by atoms with Crippen LogP contribution in [0.4, 0.5) is 0 Å². The van der Waals surface area contributed by atoms with Gasteiger partial charge in [0.1, 0.15) is 0 Å². The van der Waals surface area contributed by atoms with E-state index in [1.54, 1.807) is 0 Å². The molecule has 2 fully saturated rings. The predicted molar refractivity (Wildman–Crippen MR) is 93.0 cm³/mol. The summed E-state index contributed by atoms with van der Waals surface area (Å²) in [5.74, 6) is 1.01. The van der Waals surface area contributed by atoms with E-state index in [1.165, 1.54) is 18.5 Å². The maximum atomic E-state index is 13.1. The van der Waals surface area contributed by atoms with Crippen molar-refractivity contribution in [2.24, 2.45) is 5.92 Å². The molecule has 0 spiro atoms. The van der Waals surface area contributed by atoms with Crippen LogP contribution in [0, 0.1) is 19.8 Å². The van der Waals surface area contributed by atoms with Gasteiger partial charge < -0.3 is 14.0 Å². The molecule has 128 valence electrons. The van der Waals surface area contributed by atoms with Gasteiger partial charge in [-0.2, -0.15) is 0 Å². The van der Waals surface area contributed by atoms with Crippen LogP contribution < -0.4 is 0 Å². The van der Waals surface area contributed by atoms with Gasteiger partial charge in [-0.25, -0.2) is 4.98 Å². The molecule has 24 heavy (non-hydrogen) atoms. The van der Waals surface area contributed by atoms with Crippen molar-refractivity contribution < 1.29 is 4.79 Å². The fraction of sp³-hybridized carbons (Fsp3) is 0.579. The van der Waals surface area contributed by atoms with Crippen LogP contribution in [0.2, 0.25) is 0 Å². The number of carbonyl (C=O) groups excluding carboxylic acids is 1. The highest BCUT2D eigenvalue weighted by Gasteiger charge is 2.29. The lowest BCUT2D eigenvalue weighted by molar-refractivity contribution is 0.0678. The number of hydrogen-bond donors (Lipinski definition) is 0. The summed E-state index contributed by atoms with van der Waals surface area (Å²) in [5.41, 5.74) is 3.24. The molecule has 0 aromatic carbocycles. The summed E-state index contributed by atoms with van der Waals surface area (Å²) in [4.78, 5) is 19.3. The molecule has 5 nitrogen and oxygen atoms in total. The molecule has 1 amide bonds. The Kier molecular flexibility index (Phi) is 3.94. The third-order valence-electron chi connectivity index (χ3n) is 5.57. The molecule has 0 radical (unpaired) electrons. The van der Waals surface area contributed by atoms with Crippen LogP contribution in [0.15, 0.2) is 24.8 Å². The third-order valence-corrected chi connectivity index (χ3v) is 5.57. The predicted octanol–water partition coefficient (Wildman–Crippen LogP) is 3.19. The van der Waals surface area contributed by atoms with Crippen molar-refractivity contribution in [2.75, 3.05) is 13.1 Å². The van der Waals surface area contributed by atoms with E-state index >= 15 is 0 Å². The van der Waals surface area contributed by atoms with Crippen LogP contribution >= 0.6 is 0 Å². The number of amides is 1. The van der Waals surface area contributed by atoms with Gasteiger partial charge in [-0.3, -0.25) is 4.79 Å². The van der Waals surface area contributed by atoms with Gasteiger partial charge in [0.15, 0.2) is 0 Å². The second-order valence-electron chi connectivity index (χ2n) is 7.40. The highest BCUT2D eigenvalue weighted by molar-refractivity contribution is 5.95. The lowest BCUT2D eigenvalue weighted by Gasteiger charge is -2.33. The smallest absolute Gasteiger partial charge is 0.255 e. The van der Waals surface area contributed by atoms with Crippen molar-refractivity contribution >= 4 is 5.91 Å². The van der Waals surface area contributed by atoms with E-state index in [2.05, 4.69) is 34.0 Å². The van der Waals surface area contributed by atoms with Crippen molar-refractivity contribution in [3.05, 3.63) is 41.7 Å². The van der Waals surface area contributed by atoms with E-state index in [0.717, 1.165) is 49.7 Å². The van der Waals surface area contributed by atoms with Gasteiger partial charge >= 0.3 is 0 Å². The Morgan fingerprint density at radius 2 is 2.12 bits per heavy atom. The Hall–Kier alpha value is -2.04. The number of piperidine rings is 1. The molecule has 0 bridgehead atoms. The first kappa shape index (κ1) is 15.5. The zero-order valence-corrected chi connectivity index (χ0v) is 14.6. The maximum absolute atomic E-state index is 13.1. The monoisotopic (exact) mass is 326 g/mol. The van der Waals surface area contributed by atoms with Gasteiger partial charge in [0, 0.05) is 43.4 Å². The second kappa shape index (κ2) is 6.11. The summed E-state index contributed by atoms with van der Waals surface area (Å²) in [5, 5.41) is 0. The summed E-state index contributed by atoms with van der Waals surface area (Å²) in [6.07, 6.45) is 10.5. The third kappa shape index (κ3) is 2.87. The molecule has 5 heteroatoms. The van der Waals surface area contributed by atoms with Crippen molar-refractivity contribution in [1.29, 1.82) is 0 Å². The van der Waals surface area contributed by atoms with Crippen LogP contribution in [-0.4, -0.2) is 38.0 Å². The summed E-state index contributed by atoms with van der Waals surface area (Å²) in [6, 6.07) is 2.43. The fourth-order valence-electron chi connectivity index (χ4n) is 3.90. The van der Waals surface area contributed by atoms with Crippen LogP contribution in [0.25, 0.3) is 0 Å². The van der Waals surface area contributed by atoms with Gasteiger partial charge in [0.05, 0.1) is 17.9 Å². The molecular weight excluding hydrogens is 300 g/mol. The number of likely N-dealkylation sites (tertiary alicyclic amines) is 1. The number of carbonyl (C=O) groups is 1. The maximum Gasteiger partial charge on any atom is 0.255 e. The van der Waals surface area contributed by atoms with Crippen LogP contribution in [0.3, 0.4) is 0 Å². The first-order valence-corrected chi connectivity index (χ1v) is 9.07. The Labute approximate surface area is 143 Å². The Bertz CT molecular complexity index is 727. The number of aromatic nitrogens is 3. The topological polar surface area (TPSA) is 43.1 Å². The summed E-state index contributed by atoms with van der Waals surface area (Å²) in [6.45, 7) is 6.93. The largest absolute Gasteiger partial charge is 0.348 e. The van der Waals surface area contributed by atoms with Crippen LogP contribution in [0.5, 0.6) is 0 Å². The van der Waals surface area contributed by atoms with Gasteiger partial charge in [-0.15, -0.1) is 0 Å². The second-order valence-corrected chi connectivity index (χ2v) is 7.40. The molecule has 0 unspecified atom stereocenters. The van der Waals surface area contributed by atoms with Crippen molar-refractivity contribution in [3.8, 4) is 0 Å². The molecule has 2 aromatic rings. The molecule has 1 saturated heterocycles. The summed E-state index contributed by atoms with van der Waals surface area (Å²) >= 11 is 0. The molecule has 1 atom stereocenters. The normalized spacial score (nSPS) is 21.2. The van der Waals surface area contributed by atoms with Gasteiger partial charge in [0.25, 0.3) is 5.91 Å². The van der Waals surface area contributed by atoms with Crippen LogP contribution in [0.1, 0.15) is 53.5 Å². The molecule has 1 saturated carbocycles. The minimum Gasteiger partial charge on any atom is -0.348 e. The summed E-state index contributed by atoms with van der Waals surface area (Å²) in [7, 11) is 0. The summed E-state index contributed by atoms with van der Waals surface area (Å²) < 4.78 is 4.47. The lowest BCUT2D eigenvalue weighted by atomic mass is 10.0. The molecule has 1 aliphatic heterocycles. The van der Waals surface area contributed by atoms with E-state index in [-0.39, 0.29) is 5.91 Å². The van der Waals surface area contributed by atoms with E-state index in [4.69, 9.17) is 0 Å². The van der Waals surface area contributed by atoms with E-state index in [0.29, 0.717) is 6.04 Å². The molecular formula is C19H26N4O. The van der Waals surface area contributed by atoms with Gasteiger partial charge in [0.2, 0.25) is 0 Å². The molecule has 2 aliphatic rings. The fourth-order valence-corrected chi connectivity index (χ4v) is 3.90. The molecule has 4 rings (SSSR count). The van der Waals surface area contributed by atoms with E-state index in [9.17, 15) is 4.79 Å². The Morgan fingerprint density at radius 3 is 2.83 bits per heavy atom. The highest BCUT2D eigenvalue weighted by Crippen LogP contribution is 2.32. The average molecular weight is 326 g/mol. The standard InChI is InChI=1S/C19H26N4O/c1-14-10-18(15(2)23(14)11-16-5-6-16)19(24)21-8-3-4-17(12-21)22-9-7-20-13-22/h7,9-10,13,16-17H,3-6,8,11-12H2,1-2H3/t17-/m1/s1. The number of rotatable bonds is 4.